The van der Waals surface area contributed by atoms with E-state index in [4.69, 9.17) is 0 Å². The summed E-state index contributed by atoms with van der Waals surface area (Å²) in [5.74, 6) is 0.333. The Morgan fingerprint density at radius 1 is 1.35 bits per heavy atom. The first-order valence-electron chi connectivity index (χ1n) is 6.00. The second-order valence-electron chi connectivity index (χ2n) is 5.26. The van der Waals surface area contributed by atoms with Gasteiger partial charge in [0.2, 0.25) is 0 Å². The minimum atomic E-state index is 0.0558. The maximum absolute atomic E-state index is 9.48. The molecule has 0 spiro atoms. The Bertz CT molecular complexity index is 361. The van der Waals surface area contributed by atoms with Crippen LogP contribution in [0.15, 0.2) is 24.3 Å². The Morgan fingerprint density at radius 2 is 2.00 bits per heavy atom. The second-order valence-corrected chi connectivity index (χ2v) is 5.26. The van der Waals surface area contributed by atoms with Gasteiger partial charge in [0, 0.05) is 11.6 Å². The van der Waals surface area contributed by atoms with Gasteiger partial charge in [-0.25, -0.2) is 0 Å². The van der Waals surface area contributed by atoms with Crippen LogP contribution in [0.25, 0.3) is 0 Å². The van der Waals surface area contributed by atoms with Crippen molar-refractivity contribution in [3.8, 4) is 5.75 Å². The number of phenols is 1. The molecule has 0 aliphatic carbocycles. The van der Waals surface area contributed by atoms with Gasteiger partial charge in [-0.3, -0.25) is 0 Å². The first-order valence-corrected chi connectivity index (χ1v) is 6.00. The van der Waals surface area contributed by atoms with Gasteiger partial charge in [-0.15, -0.1) is 0 Å². The normalized spacial score (nSPS) is 14.0. The Balaban J connectivity index is 2.84. The van der Waals surface area contributed by atoms with Crippen LogP contribution in [0, 0.1) is 0 Å². The van der Waals surface area contributed by atoms with Crippen LogP contribution in [0.5, 0.6) is 5.75 Å². The van der Waals surface area contributed by atoms with E-state index in [1.165, 1.54) is 0 Å². The number of rotatable bonds is 5. The number of nitrogens with zero attached hydrogens (tertiary/aromatic N) is 1. The van der Waals surface area contributed by atoms with E-state index in [2.05, 4.69) is 44.2 Å². The fraction of sp³-hybridized carbons (Fsp3) is 0.571. The molecule has 1 unspecified atom stereocenters. The van der Waals surface area contributed by atoms with Gasteiger partial charge in [-0.2, -0.15) is 0 Å². The van der Waals surface area contributed by atoms with E-state index in [0.29, 0.717) is 11.8 Å². The molecule has 3 heteroatoms. The molecule has 0 bridgehead atoms. The first-order chi connectivity index (χ1) is 7.87. The van der Waals surface area contributed by atoms with Crippen LogP contribution in [0.1, 0.15) is 19.4 Å². The number of nitrogens with one attached hydrogen (secondary N) is 1. The molecule has 1 aromatic carbocycles. The fourth-order valence-corrected chi connectivity index (χ4v) is 1.94. The molecule has 0 aliphatic heterocycles. The molecule has 1 rings (SSSR count). The van der Waals surface area contributed by atoms with Crippen molar-refractivity contribution in [2.24, 2.45) is 0 Å². The average molecular weight is 236 g/mol. The van der Waals surface area contributed by atoms with Crippen molar-refractivity contribution in [2.45, 2.75) is 31.8 Å². The smallest absolute Gasteiger partial charge is 0.115 e. The van der Waals surface area contributed by atoms with E-state index < -0.39 is 0 Å². The predicted octanol–water partition coefficient (Wildman–Crippen LogP) is 1.86. The van der Waals surface area contributed by atoms with Crippen molar-refractivity contribution in [2.75, 3.05) is 21.1 Å². The Labute approximate surface area is 104 Å². The van der Waals surface area contributed by atoms with Crippen molar-refractivity contribution < 1.29 is 5.11 Å². The third-order valence-electron chi connectivity index (χ3n) is 3.70. The van der Waals surface area contributed by atoms with Crippen molar-refractivity contribution in [3.05, 3.63) is 29.8 Å². The third kappa shape index (κ3) is 3.45. The third-order valence-corrected chi connectivity index (χ3v) is 3.70. The molecule has 1 aromatic rings. The molecule has 96 valence electrons. The van der Waals surface area contributed by atoms with Crippen molar-refractivity contribution in [1.29, 1.82) is 0 Å². The zero-order valence-corrected chi connectivity index (χ0v) is 11.5. The monoisotopic (exact) mass is 236 g/mol. The van der Waals surface area contributed by atoms with Crippen LogP contribution in [-0.4, -0.2) is 42.7 Å². The number of hydrogen-bond acceptors (Lipinski definition) is 3. The molecule has 0 aromatic heterocycles. The van der Waals surface area contributed by atoms with Crippen LogP contribution in [0.4, 0.5) is 0 Å². The molecule has 0 fully saturated rings. The first kappa shape index (κ1) is 14.0. The maximum Gasteiger partial charge on any atom is 0.115 e. The van der Waals surface area contributed by atoms with Crippen LogP contribution in [0.3, 0.4) is 0 Å². The quantitative estimate of drug-likeness (QED) is 0.819. The highest BCUT2D eigenvalue weighted by molar-refractivity contribution is 5.28. The second kappa shape index (κ2) is 5.52. The van der Waals surface area contributed by atoms with E-state index >= 15 is 0 Å². The zero-order valence-electron chi connectivity index (χ0n) is 11.5. The fourth-order valence-electron chi connectivity index (χ4n) is 1.94. The number of aromatic hydroxyl groups is 1. The highest BCUT2D eigenvalue weighted by atomic mass is 16.3. The lowest BCUT2D eigenvalue weighted by Gasteiger charge is -2.40. The summed E-state index contributed by atoms with van der Waals surface area (Å²) >= 11 is 0. The van der Waals surface area contributed by atoms with E-state index in [1.54, 1.807) is 6.07 Å². The topological polar surface area (TPSA) is 35.5 Å². The lowest BCUT2D eigenvalue weighted by Crippen LogP contribution is -2.55. The van der Waals surface area contributed by atoms with Crippen molar-refractivity contribution >= 4 is 0 Å². The van der Waals surface area contributed by atoms with Gasteiger partial charge in [0.05, 0.1) is 0 Å². The van der Waals surface area contributed by atoms with Crippen LogP contribution in [0.2, 0.25) is 0 Å². The highest BCUT2D eigenvalue weighted by Crippen LogP contribution is 2.21. The number of hydrogen-bond donors (Lipinski definition) is 2. The molecular formula is C14H24N2O. The van der Waals surface area contributed by atoms with Gasteiger partial charge >= 0.3 is 0 Å². The largest absolute Gasteiger partial charge is 0.508 e. The summed E-state index contributed by atoms with van der Waals surface area (Å²) in [6, 6.07) is 7.81. The van der Waals surface area contributed by atoms with Gasteiger partial charge in [-0.05, 0) is 59.1 Å². The lowest BCUT2D eigenvalue weighted by molar-refractivity contribution is 0.141. The molecule has 17 heavy (non-hydrogen) atoms. The summed E-state index contributed by atoms with van der Waals surface area (Å²) in [5.41, 5.74) is 1.21. The molecule has 0 amide bonds. The van der Waals surface area contributed by atoms with Gasteiger partial charge in [0.1, 0.15) is 5.75 Å². The van der Waals surface area contributed by atoms with Crippen LogP contribution in [-0.2, 0) is 6.42 Å². The summed E-state index contributed by atoms with van der Waals surface area (Å²) in [6.45, 7) is 4.44. The number of phenolic OH excluding ortho intramolecular Hbond substituents is 1. The minimum absolute atomic E-state index is 0.0558. The summed E-state index contributed by atoms with van der Waals surface area (Å²) in [5, 5.41) is 12.8. The molecule has 0 radical (unpaired) electrons. The summed E-state index contributed by atoms with van der Waals surface area (Å²) in [7, 11) is 6.17. The Morgan fingerprint density at radius 3 is 2.47 bits per heavy atom. The van der Waals surface area contributed by atoms with E-state index in [9.17, 15) is 5.11 Å². The van der Waals surface area contributed by atoms with Gasteiger partial charge in [0.25, 0.3) is 0 Å². The highest BCUT2D eigenvalue weighted by Gasteiger charge is 2.30. The zero-order chi connectivity index (χ0) is 13.1. The predicted molar refractivity (Wildman–Crippen MR) is 72.4 cm³/mol. The average Bonchev–Trinajstić information content (AvgIpc) is 2.25. The van der Waals surface area contributed by atoms with Crippen LogP contribution >= 0.6 is 0 Å². The van der Waals surface area contributed by atoms with E-state index in [-0.39, 0.29) is 5.54 Å². The van der Waals surface area contributed by atoms with Crippen molar-refractivity contribution in [3.63, 3.8) is 0 Å². The number of likely N-dealkylation sites (N-methyl/N-ethyl adjacent to an activating group) is 2. The standard InChI is InChI=1S/C14H24N2O/c1-14(2,16(4)5)13(15-3)10-11-7-6-8-12(17)9-11/h6-9,13,15,17H,10H2,1-5H3. The van der Waals surface area contributed by atoms with Crippen molar-refractivity contribution in [1.82, 2.24) is 10.2 Å². The molecule has 1 atom stereocenters. The lowest BCUT2D eigenvalue weighted by atomic mass is 9.88. The molecule has 0 saturated carbocycles. The Kier molecular flexibility index (Phi) is 4.54. The van der Waals surface area contributed by atoms with E-state index in [0.717, 1.165) is 12.0 Å². The van der Waals surface area contributed by atoms with Gasteiger partial charge in [0.15, 0.2) is 0 Å². The maximum atomic E-state index is 9.48. The summed E-state index contributed by atoms with van der Waals surface area (Å²) in [6.07, 6.45) is 0.899. The molecule has 2 N–H and O–H groups in total. The molecule has 0 saturated heterocycles. The summed E-state index contributed by atoms with van der Waals surface area (Å²) in [4.78, 5) is 2.22. The molecule has 3 nitrogen and oxygen atoms in total. The Hall–Kier alpha value is -1.06. The molecular weight excluding hydrogens is 212 g/mol. The van der Waals surface area contributed by atoms with Crippen LogP contribution < -0.4 is 5.32 Å². The number of benzene rings is 1. The molecule has 0 aliphatic rings. The van der Waals surface area contributed by atoms with Gasteiger partial charge < -0.3 is 15.3 Å². The van der Waals surface area contributed by atoms with E-state index in [1.807, 2.05) is 19.2 Å². The molecule has 0 heterocycles. The summed E-state index contributed by atoms with van der Waals surface area (Å²) < 4.78 is 0. The van der Waals surface area contributed by atoms with Gasteiger partial charge in [-0.1, -0.05) is 12.1 Å². The SMILES string of the molecule is CNC(Cc1cccc(O)c1)C(C)(C)N(C)C. The minimum Gasteiger partial charge on any atom is -0.508 e.